The molecule has 0 unspecified atom stereocenters. The van der Waals surface area contributed by atoms with Crippen molar-refractivity contribution in [1.29, 1.82) is 0 Å². The van der Waals surface area contributed by atoms with Gasteiger partial charge in [0, 0.05) is 51.2 Å². The fourth-order valence-electron chi connectivity index (χ4n) is 2.81. The molecule has 0 aromatic carbocycles. The first-order valence-corrected chi connectivity index (χ1v) is 10.4. The van der Waals surface area contributed by atoms with Gasteiger partial charge in [-0.15, -0.1) is 35.3 Å². The summed E-state index contributed by atoms with van der Waals surface area (Å²) in [4.78, 5) is 14.4. The van der Waals surface area contributed by atoms with E-state index in [0.29, 0.717) is 12.5 Å². The van der Waals surface area contributed by atoms with Crippen LogP contribution in [0.4, 0.5) is 0 Å². The van der Waals surface area contributed by atoms with Gasteiger partial charge in [0.25, 0.3) is 0 Å². The maximum atomic E-state index is 4.68. The zero-order valence-corrected chi connectivity index (χ0v) is 19.8. The van der Waals surface area contributed by atoms with Crippen LogP contribution in [0, 0.1) is 0 Å². The molecule has 1 aromatic heterocycles. The van der Waals surface area contributed by atoms with Gasteiger partial charge in [-0.1, -0.05) is 20.8 Å². The molecule has 8 heteroatoms. The van der Waals surface area contributed by atoms with Crippen LogP contribution in [0.2, 0.25) is 0 Å². The van der Waals surface area contributed by atoms with Gasteiger partial charge in [-0.3, -0.25) is 4.90 Å². The molecule has 1 aliphatic rings. The lowest BCUT2D eigenvalue weighted by atomic mass is 10.2. The Kier molecular flexibility index (Phi) is 11.7. The first-order chi connectivity index (χ1) is 12.1. The summed E-state index contributed by atoms with van der Waals surface area (Å²) >= 11 is 1.70. The smallest absolute Gasteiger partial charge is 0.191 e. The predicted octanol–water partition coefficient (Wildman–Crippen LogP) is 2.58. The van der Waals surface area contributed by atoms with Crippen LogP contribution in [0.15, 0.2) is 10.4 Å². The molecule has 1 fully saturated rings. The van der Waals surface area contributed by atoms with Crippen LogP contribution in [-0.2, 0) is 6.54 Å². The van der Waals surface area contributed by atoms with Gasteiger partial charge in [-0.05, 0) is 19.4 Å². The summed E-state index contributed by atoms with van der Waals surface area (Å²) in [5.41, 5.74) is 1.17. The van der Waals surface area contributed by atoms with E-state index in [1.807, 2.05) is 0 Å². The van der Waals surface area contributed by atoms with Crippen molar-refractivity contribution in [1.82, 2.24) is 25.4 Å². The number of guanidine groups is 1. The Morgan fingerprint density at radius 2 is 1.88 bits per heavy atom. The largest absolute Gasteiger partial charge is 0.357 e. The molecule has 150 valence electrons. The lowest BCUT2D eigenvalue weighted by molar-refractivity contribution is 0.139. The van der Waals surface area contributed by atoms with Gasteiger partial charge in [-0.25, -0.2) is 9.98 Å². The topological polar surface area (TPSA) is 55.8 Å². The van der Waals surface area contributed by atoms with Crippen molar-refractivity contribution < 1.29 is 0 Å². The number of nitrogens with zero attached hydrogens (tertiary/aromatic N) is 4. The van der Waals surface area contributed by atoms with E-state index in [4.69, 9.17) is 0 Å². The van der Waals surface area contributed by atoms with E-state index in [1.165, 1.54) is 38.4 Å². The quantitative estimate of drug-likeness (QED) is 0.331. The number of rotatable bonds is 8. The highest BCUT2D eigenvalue weighted by molar-refractivity contribution is 14.0. The molecule has 0 spiro atoms. The van der Waals surface area contributed by atoms with E-state index in [1.54, 1.807) is 11.3 Å². The Hall–Kier alpha value is -0.450. The highest BCUT2D eigenvalue weighted by atomic mass is 127. The lowest BCUT2D eigenvalue weighted by Gasteiger charge is -2.34. The zero-order chi connectivity index (χ0) is 18.1. The summed E-state index contributed by atoms with van der Waals surface area (Å²) in [5.74, 6) is 1.37. The summed E-state index contributed by atoms with van der Waals surface area (Å²) in [6, 6.07) is 0. The Morgan fingerprint density at radius 3 is 2.46 bits per heavy atom. The van der Waals surface area contributed by atoms with Crippen molar-refractivity contribution in [2.75, 3.05) is 52.4 Å². The Morgan fingerprint density at radius 1 is 1.19 bits per heavy atom. The minimum absolute atomic E-state index is 0. The van der Waals surface area contributed by atoms with Gasteiger partial charge in [0.1, 0.15) is 5.01 Å². The van der Waals surface area contributed by atoms with E-state index in [-0.39, 0.29) is 24.0 Å². The molecular weight excluding hydrogens is 459 g/mol. The van der Waals surface area contributed by atoms with Crippen LogP contribution in [0.1, 0.15) is 44.3 Å². The van der Waals surface area contributed by atoms with Crippen molar-refractivity contribution in [3.8, 4) is 0 Å². The number of aliphatic imine (C=N–C) groups is 1. The van der Waals surface area contributed by atoms with E-state index in [2.05, 4.69) is 63.5 Å². The number of halogens is 1. The van der Waals surface area contributed by atoms with Gasteiger partial charge >= 0.3 is 0 Å². The number of aromatic nitrogens is 1. The molecule has 0 atom stereocenters. The molecule has 0 radical (unpaired) electrons. The van der Waals surface area contributed by atoms with Crippen LogP contribution < -0.4 is 10.6 Å². The van der Waals surface area contributed by atoms with Gasteiger partial charge in [0.2, 0.25) is 0 Å². The first kappa shape index (κ1) is 23.6. The second-order valence-corrected chi connectivity index (χ2v) is 7.66. The third-order valence-corrected chi connectivity index (χ3v) is 5.36. The van der Waals surface area contributed by atoms with E-state index in [0.717, 1.165) is 30.6 Å². The van der Waals surface area contributed by atoms with Crippen molar-refractivity contribution in [3.05, 3.63) is 16.1 Å². The minimum Gasteiger partial charge on any atom is -0.357 e. The minimum atomic E-state index is 0. The Bertz CT molecular complexity index is 526. The highest BCUT2D eigenvalue weighted by Crippen LogP contribution is 2.18. The van der Waals surface area contributed by atoms with E-state index in [9.17, 15) is 0 Å². The molecule has 1 saturated heterocycles. The average molecular weight is 494 g/mol. The van der Waals surface area contributed by atoms with Crippen molar-refractivity contribution in [3.63, 3.8) is 0 Å². The van der Waals surface area contributed by atoms with Gasteiger partial charge < -0.3 is 15.5 Å². The number of nitrogens with one attached hydrogen (secondary N) is 2. The van der Waals surface area contributed by atoms with Crippen LogP contribution in [0.25, 0.3) is 0 Å². The molecule has 0 saturated carbocycles. The Labute approximate surface area is 179 Å². The normalized spacial score (nSPS) is 16.6. The molecule has 2 N–H and O–H groups in total. The third kappa shape index (κ3) is 8.06. The summed E-state index contributed by atoms with van der Waals surface area (Å²) in [6.45, 7) is 18.1. The maximum absolute atomic E-state index is 4.68. The van der Waals surface area contributed by atoms with Crippen molar-refractivity contribution >= 4 is 41.3 Å². The van der Waals surface area contributed by atoms with Crippen molar-refractivity contribution in [2.24, 2.45) is 4.99 Å². The number of piperazine rings is 1. The lowest BCUT2D eigenvalue weighted by Crippen LogP contribution is -2.49. The molecule has 0 bridgehead atoms. The van der Waals surface area contributed by atoms with Gasteiger partial charge in [0.05, 0.1) is 12.2 Å². The SMILES string of the molecule is CCNC(=NCc1nc(C(C)C)cs1)NCCN1CCN(CC)CC1.I. The van der Waals surface area contributed by atoms with Crippen LogP contribution in [-0.4, -0.2) is 73.1 Å². The predicted molar refractivity (Wildman–Crippen MR) is 123 cm³/mol. The molecule has 26 heavy (non-hydrogen) atoms. The van der Waals surface area contributed by atoms with Gasteiger partial charge in [0.15, 0.2) is 5.96 Å². The van der Waals surface area contributed by atoms with Crippen molar-refractivity contribution in [2.45, 2.75) is 40.2 Å². The monoisotopic (exact) mass is 494 g/mol. The van der Waals surface area contributed by atoms with E-state index >= 15 is 0 Å². The molecule has 6 nitrogen and oxygen atoms in total. The first-order valence-electron chi connectivity index (χ1n) is 9.53. The number of thiazole rings is 1. The number of hydrogen-bond acceptors (Lipinski definition) is 5. The Balaban J connectivity index is 0.00000338. The highest BCUT2D eigenvalue weighted by Gasteiger charge is 2.14. The standard InChI is InChI=1S/C18H34N6S.HI/c1-5-19-18(21-13-17-22-16(14-25-17)15(3)4)20-7-8-24-11-9-23(6-2)10-12-24;/h14-15H,5-13H2,1-4H3,(H2,19,20,21);1H. The van der Waals surface area contributed by atoms with Crippen LogP contribution >= 0.6 is 35.3 Å². The molecule has 0 aliphatic carbocycles. The fraction of sp³-hybridized carbons (Fsp3) is 0.778. The second-order valence-electron chi connectivity index (χ2n) is 6.72. The van der Waals surface area contributed by atoms with E-state index < -0.39 is 0 Å². The summed E-state index contributed by atoms with van der Waals surface area (Å²) < 4.78 is 0. The summed E-state index contributed by atoms with van der Waals surface area (Å²) in [5, 5.41) is 10.0. The number of likely N-dealkylation sites (N-methyl/N-ethyl adjacent to an activating group) is 1. The average Bonchev–Trinajstić information content (AvgIpc) is 3.09. The molecule has 2 heterocycles. The molecule has 2 rings (SSSR count). The van der Waals surface area contributed by atoms with Gasteiger partial charge in [-0.2, -0.15) is 0 Å². The summed E-state index contributed by atoms with van der Waals surface area (Å²) in [6.07, 6.45) is 0. The summed E-state index contributed by atoms with van der Waals surface area (Å²) in [7, 11) is 0. The third-order valence-electron chi connectivity index (χ3n) is 4.51. The molecule has 1 aromatic rings. The van der Waals surface area contributed by atoms with Crippen LogP contribution in [0.3, 0.4) is 0 Å². The molecule has 0 amide bonds. The molecular formula is C18H35IN6S. The maximum Gasteiger partial charge on any atom is 0.191 e. The zero-order valence-electron chi connectivity index (χ0n) is 16.6. The number of hydrogen-bond donors (Lipinski definition) is 2. The second kappa shape index (κ2) is 12.9. The fourth-order valence-corrected chi connectivity index (χ4v) is 3.69. The van der Waals surface area contributed by atoms with Crippen LogP contribution in [0.5, 0.6) is 0 Å². The molecule has 1 aliphatic heterocycles.